The Labute approximate surface area is 130 Å². The van der Waals surface area contributed by atoms with Crippen LogP contribution in [0.4, 0.5) is 0 Å². The van der Waals surface area contributed by atoms with E-state index in [0.717, 1.165) is 17.5 Å². The van der Waals surface area contributed by atoms with Crippen molar-refractivity contribution in [3.05, 3.63) is 69.2 Å². The molecule has 3 heteroatoms. The number of benzene rings is 2. The molecule has 0 aliphatic carbocycles. The van der Waals surface area contributed by atoms with Crippen molar-refractivity contribution in [3.63, 3.8) is 0 Å². The maximum absolute atomic E-state index is 6.29. The van der Waals surface area contributed by atoms with Gasteiger partial charge in [-0.25, -0.2) is 0 Å². The molecule has 0 bridgehead atoms. The first-order chi connectivity index (χ1) is 9.60. The SMILES string of the molecule is CCCCc1ccc(C(N)c2cc(Cl)cc(Cl)c2)cc1. The molecule has 2 N–H and O–H groups in total. The Kier molecular flexibility index (Phi) is 5.47. The highest BCUT2D eigenvalue weighted by molar-refractivity contribution is 6.34. The second-order valence-electron chi connectivity index (χ2n) is 5.03. The van der Waals surface area contributed by atoms with E-state index in [1.54, 1.807) is 6.07 Å². The van der Waals surface area contributed by atoms with Gasteiger partial charge in [-0.05, 0) is 47.7 Å². The monoisotopic (exact) mass is 307 g/mol. The Morgan fingerprint density at radius 3 is 2.10 bits per heavy atom. The van der Waals surface area contributed by atoms with Crippen molar-refractivity contribution >= 4 is 23.2 Å². The third kappa shape index (κ3) is 3.99. The van der Waals surface area contributed by atoms with Crippen LogP contribution in [0.15, 0.2) is 42.5 Å². The van der Waals surface area contributed by atoms with Crippen molar-refractivity contribution in [2.45, 2.75) is 32.2 Å². The van der Waals surface area contributed by atoms with Crippen LogP contribution in [-0.2, 0) is 6.42 Å². The fourth-order valence-electron chi connectivity index (χ4n) is 2.22. The molecule has 106 valence electrons. The van der Waals surface area contributed by atoms with E-state index in [1.165, 1.54) is 18.4 Å². The Balaban J connectivity index is 2.17. The Morgan fingerprint density at radius 2 is 1.55 bits per heavy atom. The molecule has 1 atom stereocenters. The van der Waals surface area contributed by atoms with E-state index < -0.39 is 0 Å². The number of rotatable bonds is 5. The van der Waals surface area contributed by atoms with Crippen LogP contribution in [0.25, 0.3) is 0 Å². The summed E-state index contributed by atoms with van der Waals surface area (Å²) in [4.78, 5) is 0. The molecular formula is C17H19Cl2N. The van der Waals surface area contributed by atoms with E-state index in [0.29, 0.717) is 10.0 Å². The summed E-state index contributed by atoms with van der Waals surface area (Å²) >= 11 is 12.0. The number of halogens is 2. The predicted octanol–water partition coefficient (Wildman–Crippen LogP) is 5.38. The minimum Gasteiger partial charge on any atom is -0.320 e. The summed E-state index contributed by atoms with van der Waals surface area (Å²) in [5, 5.41) is 1.23. The molecule has 0 aliphatic heterocycles. The predicted molar refractivity (Wildman–Crippen MR) is 87.5 cm³/mol. The summed E-state index contributed by atoms with van der Waals surface area (Å²) in [6.45, 7) is 2.20. The molecule has 0 amide bonds. The third-order valence-electron chi connectivity index (χ3n) is 3.40. The van der Waals surface area contributed by atoms with Crippen LogP contribution in [0.1, 0.15) is 42.5 Å². The largest absolute Gasteiger partial charge is 0.320 e. The fourth-order valence-corrected chi connectivity index (χ4v) is 2.76. The Bertz CT molecular complexity index is 543. The third-order valence-corrected chi connectivity index (χ3v) is 3.84. The van der Waals surface area contributed by atoms with Crippen LogP contribution >= 0.6 is 23.2 Å². The van der Waals surface area contributed by atoms with Crippen LogP contribution in [0.5, 0.6) is 0 Å². The molecule has 0 saturated carbocycles. The van der Waals surface area contributed by atoms with Gasteiger partial charge in [0.05, 0.1) is 6.04 Å². The number of unbranched alkanes of at least 4 members (excludes halogenated alkanes) is 1. The lowest BCUT2D eigenvalue weighted by Gasteiger charge is -2.14. The summed E-state index contributed by atoms with van der Waals surface area (Å²) in [5.41, 5.74) is 9.65. The molecule has 1 nitrogen and oxygen atoms in total. The first kappa shape index (κ1) is 15.4. The Hall–Kier alpha value is -1.02. The van der Waals surface area contributed by atoms with Gasteiger partial charge >= 0.3 is 0 Å². The van der Waals surface area contributed by atoms with Crippen molar-refractivity contribution in [2.75, 3.05) is 0 Å². The topological polar surface area (TPSA) is 26.0 Å². The van der Waals surface area contributed by atoms with Crippen molar-refractivity contribution in [3.8, 4) is 0 Å². The van der Waals surface area contributed by atoms with Crippen LogP contribution in [0.3, 0.4) is 0 Å². The van der Waals surface area contributed by atoms with Crippen molar-refractivity contribution in [2.24, 2.45) is 5.73 Å². The van der Waals surface area contributed by atoms with Gasteiger partial charge < -0.3 is 5.73 Å². The lowest BCUT2D eigenvalue weighted by atomic mass is 9.97. The van der Waals surface area contributed by atoms with Gasteiger partial charge in [-0.15, -0.1) is 0 Å². The second-order valence-corrected chi connectivity index (χ2v) is 5.90. The van der Waals surface area contributed by atoms with Gasteiger partial charge in [-0.2, -0.15) is 0 Å². The highest BCUT2D eigenvalue weighted by Crippen LogP contribution is 2.26. The van der Waals surface area contributed by atoms with Crippen molar-refractivity contribution in [1.29, 1.82) is 0 Å². The maximum Gasteiger partial charge on any atom is 0.0552 e. The first-order valence-electron chi connectivity index (χ1n) is 6.90. The molecule has 0 aromatic heterocycles. The summed E-state index contributed by atoms with van der Waals surface area (Å²) in [6.07, 6.45) is 3.55. The summed E-state index contributed by atoms with van der Waals surface area (Å²) in [7, 11) is 0. The first-order valence-corrected chi connectivity index (χ1v) is 7.66. The molecule has 1 unspecified atom stereocenters. The number of hydrogen-bond acceptors (Lipinski definition) is 1. The van der Waals surface area contributed by atoms with Gasteiger partial charge in [0, 0.05) is 10.0 Å². The minimum atomic E-state index is -0.202. The van der Waals surface area contributed by atoms with Gasteiger partial charge in [0.25, 0.3) is 0 Å². The standard InChI is InChI=1S/C17H19Cl2N/c1-2-3-4-12-5-7-13(8-6-12)17(20)14-9-15(18)11-16(19)10-14/h5-11,17H,2-4,20H2,1H3. The normalized spacial score (nSPS) is 12.4. The molecule has 2 aromatic carbocycles. The zero-order chi connectivity index (χ0) is 14.5. The lowest BCUT2D eigenvalue weighted by Crippen LogP contribution is -2.11. The zero-order valence-corrected chi connectivity index (χ0v) is 13.1. The van der Waals surface area contributed by atoms with Crippen molar-refractivity contribution < 1.29 is 0 Å². The molecule has 0 saturated heterocycles. The summed E-state index contributed by atoms with van der Waals surface area (Å²) in [6, 6.07) is 13.7. The van der Waals surface area contributed by atoms with Gasteiger partial charge in [-0.1, -0.05) is 60.8 Å². The molecule has 20 heavy (non-hydrogen) atoms. The minimum absolute atomic E-state index is 0.202. The van der Waals surface area contributed by atoms with E-state index >= 15 is 0 Å². The van der Waals surface area contributed by atoms with Gasteiger partial charge in [0.15, 0.2) is 0 Å². The molecule has 2 aromatic rings. The molecule has 0 heterocycles. The molecule has 0 spiro atoms. The van der Waals surface area contributed by atoms with Gasteiger partial charge in [0.1, 0.15) is 0 Å². The van der Waals surface area contributed by atoms with Crippen molar-refractivity contribution in [1.82, 2.24) is 0 Å². The molecule has 0 radical (unpaired) electrons. The van der Waals surface area contributed by atoms with E-state index in [9.17, 15) is 0 Å². The summed E-state index contributed by atoms with van der Waals surface area (Å²) in [5.74, 6) is 0. The van der Waals surface area contributed by atoms with E-state index in [-0.39, 0.29) is 6.04 Å². The smallest absolute Gasteiger partial charge is 0.0552 e. The molecular weight excluding hydrogens is 289 g/mol. The van der Waals surface area contributed by atoms with Gasteiger partial charge in [-0.3, -0.25) is 0 Å². The van der Waals surface area contributed by atoms with E-state index in [2.05, 4.69) is 31.2 Å². The van der Waals surface area contributed by atoms with Crippen LogP contribution < -0.4 is 5.73 Å². The average Bonchev–Trinajstić information content (AvgIpc) is 2.44. The lowest BCUT2D eigenvalue weighted by molar-refractivity contribution is 0.793. The molecule has 2 rings (SSSR count). The number of aryl methyl sites for hydroxylation is 1. The zero-order valence-electron chi connectivity index (χ0n) is 11.6. The molecule has 0 fully saturated rings. The Morgan fingerprint density at radius 1 is 0.950 bits per heavy atom. The van der Waals surface area contributed by atoms with E-state index in [1.807, 2.05) is 12.1 Å². The van der Waals surface area contributed by atoms with Crippen LogP contribution in [0, 0.1) is 0 Å². The average molecular weight is 308 g/mol. The highest BCUT2D eigenvalue weighted by Gasteiger charge is 2.10. The quantitative estimate of drug-likeness (QED) is 0.788. The van der Waals surface area contributed by atoms with E-state index in [4.69, 9.17) is 28.9 Å². The van der Waals surface area contributed by atoms with Gasteiger partial charge in [0.2, 0.25) is 0 Å². The number of hydrogen-bond donors (Lipinski definition) is 1. The maximum atomic E-state index is 6.29. The highest BCUT2D eigenvalue weighted by atomic mass is 35.5. The fraction of sp³-hybridized carbons (Fsp3) is 0.294. The second kappa shape index (κ2) is 7.12. The van der Waals surface area contributed by atoms with Crippen LogP contribution in [0.2, 0.25) is 10.0 Å². The number of nitrogens with two attached hydrogens (primary N) is 1. The summed E-state index contributed by atoms with van der Waals surface area (Å²) < 4.78 is 0. The molecule has 0 aliphatic rings. The van der Waals surface area contributed by atoms with Crippen LogP contribution in [-0.4, -0.2) is 0 Å².